The number of thiophene rings is 4. The van der Waals surface area contributed by atoms with Crippen molar-refractivity contribution < 1.29 is 4.42 Å². The molecule has 9 aromatic heterocycles. The van der Waals surface area contributed by atoms with Crippen molar-refractivity contribution >= 4 is 118 Å². The standard InChI is InChI=1S/C42H26N2OS.C42H26N2S2.C41H27N3S/c1-2-8-27(9-3-1)28-14-16-29(17-15-28)36-26-37(30-18-20-31(21-19-30)41-25-32-10-4-7-13-40(32)46-41)44-42(43-36)33-22-23-35-34-11-5-6-12-38(34)45-39(35)24-33;1-2-8-27(9-3-1)28-14-16-29(17-15-28)36-26-37(30-18-20-31(21-19-30)40-24-32-10-4-6-12-38(32)45-40)44-42(43-36)33-22-23-35-34-11-5-7-13-39(34)46-41(35)25-33;1-2-7-28(8-3-1)29-12-16-31(17-13-29)37-26-38(32-18-20-33(21-19-32)40-25-35-9-4-5-11-39(35)45-40)44-41(43-37)34-22-14-30(15-23-34)36-10-6-24-42-27-36/h2*1-26H;1-27H. The summed E-state index contributed by atoms with van der Waals surface area (Å²) in [5.74, 6) is 2.09. The first-order valence-corrected chi connectivity index (χ1v) is 48.8. The molecule has 0 saturated heterocycles. The van der Waals surface area contributed by atoms with Gasteiger partial charge in [0.1, 0.15) is 11.2 Å². The predicted octanol–water partition coefficient (Wildman–Crippen LogP) is 35.4. The van der Waals surface area contributed by atoms with Crippen LogP contribution in [-0.2, 0) is 0 Å². The first-order chi connectivity index (χ1) is 67.8. The number of fused-ring (bicyclic) bond motifs is 9. The van der Waals surface area contributed by atoms with Gasteiger partial charge in [0.15, 0.2) is 17.5 Å². The molecule has 0 fully saturated rings. The van der Waals surface area contributed by atoms with E-state index in [4.69, 9.17) is 34.3 Å². The molecule has 0 N–H and O–H groups in total. The third kappa shape index (κ3) is 17.4. The van der Waals surface area contributed by atoms with Gasteiger partial charge < -0.3 is 4.42 Å². The molecule has 0 aliphatic heterocycles. The molecule has 0 bridgehead atoms. The molecule has 0 radical (unpaired) electrons. The highest BCUT2D eigenvalue weighted by molar-refractivity contribution is 7.26. The zero-order valence-corrected chi connectivity index (χ0v) is 77.0. The molecule has 137 heavy (non-hydrogen) atoms. The number of furan rings is 1. The molecule has 644 valence electrons. The summed E-state index contributed by atoms with van der Waals surface area (Å²) in [7, 11) is 0. The Morgan fingerprint density at radius 3 is 0.825 bits per heavy atom. The van der Waals surface area contributed by atoms with Gasteiger partial charge in [-0.2, -0.15) is 0 Å². The van der Waals surface area contributed by atoms with Gasteiger partial charge >= 0.3 is 0 Å². The lowest BCUT2D eigenvalue weighted by Crippen LogP contribution is -1.96. The van der Waals surface area contributed by atoms with Crippen molar-refractivity contribution in [2.24, 2.45) is 0 Å². The monoisotopic (exact) mass is 1820 g/mol. The highest BCUT2D eigenvalue weighted by Crippen LogP contribution is 2.44. The molecule has 9 heterocycles. The fourth-order valence-electron chi connectivity index (χ4n) is 17.9. The van der Waals surface area contributed by atoms with Gasteiger partial charge in [-0.3, -0.25) is 4.98 Å². The van der Waals surface area contributed by atoms with Crippen molar-refractivity contribution in [3.8, 4) is 178 Å². The largest absolute Gasteiger partial charge is 0.456 e. The lowest BCUT2D eigenvalue weighted by Gasteiger charge is -2.11. The van der Waals surface area contributed by atoms with Crippen LogP contribution in [0.5, 0.6) is 0 Å². The summed E-state index contributed by atoms with van der Waals surface area (Å²) in [6.45, 7) is 0. The summed E-state index contributed by atoms with van der Waals surface area (Å²) in [6.07, 6.45) is 3.67. The Kier molecular flexibility index (Phi) is 22.4. The number of benzene rings is 17. The van der Waals surface area contributed by atoms with E-state index in [1.807, 2.05) is 94.0 Å². The van der Waals surface area contributed by atoms with Crippen LogP contribution in [0.4, 0.5) is 0 Å². The first-order valence-electron chi connectivity index (χ1n) is 45.5. The van der Waals surface area contributed by atoms with Gasteiger partial charge in [0.05, 0.1) is 34.2 Å². The van der Waals surface area contributed by atoms with Crippen molar-refractivity contribution in [1.82, 2.24) is 34.9 Å². The Balaban J connectivity index is 0.000000112. The van der Waals surface area contributed by atoms with E-state index >= 15 is 0 Å². The topological polar surface area (TPSA) is 103 Å². The molecule has 17 aromatic carbocycles. The fourth-order valence-corrected chi connectivity index (χ4v) is 22.2. The number of rotatable bonds is 16. The minimum atomic E-state index is 0.663. The van der Waals surface area contributed by atoms with Crippen molar-refractivity contribution in [3.63, 3.8) is 0 Å². The van der Waals surface area contributed by atoms with Gasteiger partial charge in [-0.05, 0) is 168 Å². The third-order valence-electron chi connectivity index (χ3n) is 25.1. The quantitative estimate of drug-likeness (QED) is 0.0942. The maximum atomic E-state index is 6.22. The van der Waals surface area contributed by atoms with Crippen LogP contribution in [0.15, 0.2) is 484 Å². The molecular formula is C125H79N7OS4. The molecule has 12 heteroatoms. The SMILES string of the molecule is c1ccc(-c2ccc(-c3cc(-c4ccc(-c5cc6ccccc6s5)cc4)nc(-c4ccc(-c5cccnc5)cc4)n3)cc2)cc1.c1ccc(-c2ccc(-c3cc(-c4ccc(-c5cc6ccccc6s5)cc4)nc(-c4ccc5c(c4)oc4ccccc45)n3)cc2)cc1.c1ccc(-c2ccc(-c3cc(-c4ccc(-c5cc6ccccc6s5)cc4)nc(-c4ccc5c(c4)sc4ccccc45)n3)cc2)cc1. The molecular weight excluding hydrogens is 1740 g/mol. The summed E-state index contributed by atoms with van der Waals surface area (Å²) in [4.78, 5) is 38.7. The summed E-state index contributed by atoms with van der Waals surface area (Å²) >= 11 is 7.29. The average molecular weight is 1820 g/mol. The van der Waals surface area contributed by atoms with Crippen LogP contribution in [0.25, 0.3) is 250 Å². The number of hydrogen-bond acceptors (Lipinski definition) is 12. The highest BCUT2D eigenvalue weighted by Gasteiger charge is 2.21. The molecule has 0 atom stereocenters. The van der Waals surface area contributed by atoms with E-state index in [1.165, 1.54) is 115 Å². The smallest absolute Gasteiger partial charge is 0.160 e. The van der Waals surface area contributed by atoms with Crippen molar-refractivity contribution in [3.05, 3.63) is 480 Å². The summed E-state index contributed by atoms with van der Waals surface area (Å²) in [5, 5.41) is 8.60. The van der Waals surface area contributed by atoms with Crippen LogP contribution in [-0.4, -0.2) is 34.9 Å². The zero-order chi connectivity index (χ0) is 90.9. The second kappa shape index (κ2) is 36.9. The summed E-state index contributed by atoms with van der Waals surface area (Å²) in [6, 6.07) is 164. The van der Waals surface area contributed by atoms with E-state index in [9.17, 15) is 0 Å². The van der Waals surface area contributed by atoms with Gasteiger partial charge in [0, 0.05) is 122 Å². The number of nitrogens with zero attached hydrogens (tertiary/aromatic N) is 7. The lowest BCUT2D eigenvalue weighted by molar-refractivity contribution is 0.669. The number of aromatic nitrogens is 7. The van der Waals surface area contributed by atoms with Crippen molar-refractivity contribution in [2.45, 2.75) is 0 Å². The normalized spacial score (nSPS) is 11.4. The number of pyridine rings is 1. The molecule has 26 aromatic rings. The van der Waals surface area contributed by atoms with Gasteiger partial charge in [-0.25, -0.2) is 29.9 Å². The van der Waals surface area contributed by atoms with Crippen LogP contribution in [0, 0.1) is 0 Å². The Bertz CT molecular complexity index is 8330. The van der Waals surface area contributed by atoms with Crippen LogP contribution >= 0.6 is 45.3 Å². The highest BCUT2D eigenvalue weighted by atomic mass is 32.1. The fraction of sp³-hybridized carbons (Fsp3) is 0. The first kappa shape index (κ1) is 83.1. The van der Waals surface area contributed by atoms with E-state index in [0.717, 1.165) is 123 Å². The van der Waals surface area contributed by atoms with E-state index in [0.29, 0.717) is 11.6 Å². The second-order valence-electron chi connectivity index (χ2n) is 33.8. The minimum absolute atomic E-state index is 0.663. The Labute approximate surface area is 807 Å². The Morgan fingerprint density at radius 1 is 0.161 bits per heavy atom. The molecule has 26 rings (SSSR count). The third-order valence-corrected chi connectivity index (χ3v) is 29.8. The summed E-state index contributed by atoms with van der Waals surface area (Å²) in [5.41, 5.74) is 29.2. The maximum Gasteiger partial charge on any atom is 0.160 e. The average Bonchev–Trinajstić information content (AvgIpc) is 1.71. The number of para-hydroxylation sites is 1. The molecule has 0 aliphatic rings. The van der Waals surface area contributed by atoms with Crippen LogP contribution < -0.4 is 0 Å². The Morgan fingerprint density at radius 2 is 0.438 bits per heavy atom. The van der Waals surface area contributed by atoms with E-state index in [1.54, 1.807) is 6.20 Å². The second-order valence-corrected chi connectivity index (χ2v) is 38.2. The van der Waals surface area contributed by atoms with Gasteiger partial charge in [0.2, 0.25) is 0 Å². The Hall–Kier alpha value is -17.0. The van der Waals surface area contributed by atoms with E-state index in [-0.39, 0.29) is 0 Å². The molecule has 0 saturated carbocycles. The van der Waals surface area contributed by atoms with E-state index < -0.39 is 0 Å². The van der Waals surface area contributed by atoms with E-state index in [2.05, 4.69) is 430 Å². The minimum Gasteiger partial charge on any atom is -0.456 e. The van der Waals surface area contributed by atoms with Crippen LogP contribution in [0.3, 0.4) is 0 Å². The zero-order valence-electron chi connectivity index (χ0n) is 73.8. The molecule has 0 amide bonds. The van der Waals surface area contributed by atoms with Crippen molar-refractivity contribution in [1.29, 1.82) is 0 Å². The molecule has 0 spiro atoms. The predicted molar refractivity (Wildman–Crippen MR) is 577 cm³/mol. The summed E-state index contributed by atoms with van der Waals surface area (Å²) < 4.78 is 12.7. The van der Waals surface area contributed by atoms with Crippen LogP contribution in [0.1, 0.15) is 0 Å². The maximum absolute atomic E-state index is 6.22. The van der Waals surface area contributed by atoms with Gasteiger partial charge in [0.25, 0.3) is 0 Å². The van der Waals surface area contributed by atoms with Crippen molar-refractivity contribution in [2.75, 3.05) is 0 Å². The lowest BCUT2D eigenvalue weighted by atomic mass is 10.0. The molecule has 0 unspecified atom stereocenters. The van der Waals surface area contributed by atoms with Crippen LogP contribution in [0.2, 0.25) is 0 Å². The molecule has 0 aliphatic carbocycles. The van der Waals surface area contributed by atoms with Gasteiger partial charge in [-0.1, -0.05) is 376 Å². The van der Waals surface area contributed by atoms with Gasteiger partial charge in [-0.15, -0.1) is 45.3 Å². The molecule has 8 nitrogen and oxygen atoms in total. The number of hydrogen-bond donors (Lipinski definition) is 0.